The summed E-state index contributed by atoms with van der Waals surface area (Å²) in [6, 6.07) is 16.1. The van der Waals surface area contributed by atoms with Crippen LogP contribution in [0.3, 0.4) is 0 Å². The lowest BCUT2D eigenvalue weighted by Crippen LogP contribution is -1.91. The van der Waals surface area contributed by atoms with Crippen LogP contribution >= 0.6 is 23.2 Å². The van der Waals surface area contributed by atoms with Crippen LogP contribution in [-0.4, -0.2) is 0 Å². The first-order chi connectivity index (χ1) is 11.2. The van der Waals surface area contributed by atoms with E-state index in [1.807, 2.05) is 24.3 Å². The minimum Gasteiger partial charge on any atom is -0.112 e. The second kappa shape index (κ2) is 6.21. The Balaban J connectivity index is 1.83. The molecule has 0 saturated heterocycles. The highest BCUT2D eigenvalue weighted by molar-refractivity contribution is 6.31. The lowest BCUT2D eigenvalue weighted by Gasteiger charge is -2.06. The minimum atomic E-state index is 0.761. The van der Waals surface area contributed by atoms with Crippen molar-refractivity contribution in [3.63, 3.8) is 0 Å². The molecule has 0 spiro atoms. The summed E-state index contributed by atoms with van der Waals surface area (Å²) >= 11 is 12.1. The average Bonchev–Trinajstić information content (AvgIpc) is 3.28. The Bertz CT molecular complexity index is 716. The monoisotopic (exact) mass is 340 g/mol. The van der Waals surface area contributed by atoms with Crippen LogP contribution in [0.4, 0.5) is 0 Å². The van der Waals surface area contributed by atoms with Gasteiger partial charge < -0.3 is 0 Å². The molecule has 2 fully saturated rings. The summed E-state index contributed by atoms with van der Waals surface area (Å²) in [5, 5.41) is 1.52. The molecule has 0 aliphatic heterocycles. The van der Waals surface area contributed by atoms with Crippen molar-refractivity contribution in [2.24, 2.45) is 11.8 Å². The molecule has 2 aliphatic rings. The molecule has 0 amide bonds. The molecule has 4 rings (SSSR count). The summed E-state index contributed by atoms with van der Waals surface area (Å²) in [5.74, 6) is 1.55. The van der Waals surface area contributed by atoms with Gasteiger partial charge in [0.05, 0.1) is 0 Å². The topological polar surface area (TPSA) is 0 Å². The fourth-order valence-electron chi connectivity index (χ4n) is 3.69. The zero-order valence-electron chi connectivity index (χ0n) is 12.9. The molecule has 0 nitrogen and oxygen atoms in total. The number of benzene rings is 2. The summed E-state index contributed by atoms with van der Waals surface area (Å²) in [7, 11) is 0. The molecule has 116 valence electrons. The molecule has 2 saturated carbocycles. The summed E-state index contributed by atoms with van der Waals surface area (Å²) in [6.45, 7) is 0. The van der Waals surface area contributed by atoms with Gasteiger partial charge in [-0.15, -0.1) is 5.73 Å². The average molecular weight is 341 g/mol. The predicted molar refractivity (Wildman–Crippen MR) is 97.9 cm³/mol. The van der Waals surface area contributed by atoms with Gasteiger partial charge in [0.25, 0.3) is 0 Å². The van der Waals surface area contributed by atoms with Gasteiger partial charge in [0.1, 0.15) is 0 Å². The van der Waals surface area contributed by atoms with E-state index in [1.165, 1.54) is 31.3 Å². The largest absolute Gasteiger partial charge is 0.112 e. The van der Waals surface area contributed by atoms with E-state index in [4.69, 9.17) is 23.2 Å². The van der Waals surface area contributed by atoms with Crippen LogP contribution in [0.1, 0.15) is 36.8 Å². The molecular formula is C21H18Cl2. The molecule has 2 aromatic carbocycles. The van der Waals surface area contributed by atoms with Crippen molar-refractivity contribution in [2.45, 2.75) is 25.7 Å². The van der Waals surface area contributed by atoms with E-state index < -0.39 is 0 Å². The Hall–Kier alpha value is -1.46. The maximum Gasteiger partial charge on any atom is 0.0406 e. The van der Waals surface area contributed by atoms with Gasteiger partial charge in [0, 0.05) is 15.6 Å². The Morgan fingerprint density at radius 1 is 0.739 bits per heavy atom. The predicted octanol–water partition coefficient (Wildman–Crippen LogP) is 6.77. The van der Waals surface area contributed by atoms with Crippen molar-refractivity contribution >= 4 is 28.8 Å². The van der Waals surface area contributed by atoms with Crippen molar-refractivity contribution in [3.05, 3.63) is 81.0 Å². The Morgan fingerprint density at radius 3 is 1.61 bits per heavy atom. The molecule has 2 atom stereocenters. The normalized spacial score (nSPS) is 22.3. The maximum absolute atomic E-state index is 6.05. The highest BCUT2D eigenvalue weighted by Gasteiger charge is 2.45. The second-order valence-electron chi connectivity index (χ2n) is 6.47. The first-order valence-electron chi connectivity index (χ1n) is 8.25. The summed E-state index contributed by atoms with van der Waals surface area (Å²) < 4.78 is 0. The molecule has 0 unspecified atom stereocenters. The highest BCUT2D eigenvalue weighted by Crippen LogP contribution is 2.54. The lowest BCUT2D eigenvalue weighted by atomic mass is 9.98. The van der Waals surface area contributed by atoms with Crippen molar-refractivity contribution in [3.8, 4) is 0 Å². The van der Waals surface area contributed by atoms with Crippen molar-refractivity contribution in [1.82, 2.24) is 0 Å². The molecule has 0 aromatic heterocycles. The number of fused-ring (bicyclic) bond motifs is 1. The van der Waals surface area contributed by atoms with Crippen LogP contribution < -0.4 is 0 Å². The van der Waals surface area contributed by atoms with Gasteiger partial charge in [-0.3, -0.25) is 0 Å². The standard InChI is InChI=1S/C21H18Cl2/c22-16-9-5-14(6-10-16)20(15-7-11-17(23)12-8-15)13-21-18-3-1-2-4-19(18)21/h5-12,18-19H,1-4H2/t18-,19+. The summed E-state index contributed by atoms with van der Waals surface area (Å²) in [4.78, 5) is 0. The molecule has 2 heteroatoms. The van der Waals surface area contributed by atoms with Gasteiger partial charge in [-0.2, -0.15) is 0 Å². The quantitative estimate of drug-likeness (QED) is 0.529. The van der Waals surface area contributed by atoms with E-state index in [9.17, 15) is 0 Å². The zero-order valence-corrected chi connectivity index (χ0v) is 14.4. The number of hydrogen-bond donors (Lipinski definition) is 0. The molecule has 0 heterocycles. The van der Waals surface area contributed by atoms with Gasteiger partial charge in [-0.25, -0.2) is 0 Å². The molecule has 2 aliphatic carbocycles. The fraction of sp³-hybridized carbons (Fsp3) is 0.286. The fourth-order valence-corrected chi connectivity index (χ4v) is 3.95. The number of rotatable bonds is 2. The number of allylic oxidation sites excluding steroid dienone is 1. The van der Waals surface area contributed by atoms with Gasteiger partial charge in [-0.05, 0) is 65.6 Å². The van der Waals surface area contributed by atoms with E-state index >= 15 is 0 Å². The Kier molecular flexibility index (Phi) is 4.07. The second-order valence-corrected chi connectivity index (χ2v) is 7.34. The van der Waals surface area contributed by atoms with Crippen LogP contribution in [-0.2, 0) is 0 Å². The molecular weight excluding hydrogens is 323 g/mol. The third-order valence-corrected chi connectivity index (χ3v) is 5.49. The Labute approximate surface area is 147 Å². The third-order valence-electron chi connectivity index (χ3n) is 4.99. The van der Waals surface area contributed by atoms with Crippen LogP contribution in [0.5, 0.6) is 0 Å². The first-order valence-corrected chi connectivity index (χ1v) is 9.00. The van der Waals surface area contributed by atoms with Crippen LogP contribution in [0.2, 0.25) is 10.0 Å². The smallest absolute Gasteiger partial charge is 0.0406 e. The maximum atomic E-state index is 6.05. The number of halogens is 2. The zero-order chi connectivity index (χ0) is 15.8. The van der Waals surface area contributed by atoms with Crippen LogP contribution in [0, 0.1) is 11.8 Å². The lowest BCUT2D eigenvalue weighted by molar-refractivity contribution is 0.480. The van der Waals surface area contributed by atoms with E-state index in [-0.39, 0.29) is 0 Å². The van der Waals surface area contributed by atoms with Gasteiger partial charge in [0.15, 0.2) is 0 Å². The van der Waals surface area contributed by atoms with Crippen molar-refractivity contribution < 1.29 is 0 Å². The van der Waals surface area contributed by atoms with Gasteiger partial charge >= 0.3 is 0 Å². The van der Waals surface area contributed by atoms with Crippen LogP contribution in [0.15, 0.2) is 59.8 Å². The molecule has 23 heavy (non-hydrogen) atoms. The summed E-state index contributed by atoms with van der Waals surface area (Å²) in [5.41, 5.74) is 8.74. The van der Waals surface area contributed by atoms with Crippen molar-refractivity contribution in [2.75, 3.05) is 0 Å². The van der Waals surface area contributed by atoms with E-state index in [1.54, 1.807) is 0 Å². The summed E-state index contributed by atoms with van der Waals surface area (Å²) in [6.07, 6.45) is 5.40. The minimum absolute atomic E-state index is 0.761. The third kappa shape index (κ3) is 3.12. The van der Waals surface area contributed by atoms with E-state index in [2.05, 4.69) is 30.0 Å². The molecule has 0 bridgehead atoms. The SMILES string of the molecule is Clc1ccc(C(=C=C2[C@H]3CCCC[C@@H]23)c2ccc(Cl)cc2)cc1. The molecule has 0 N–H and O–H groups in total. The number of hydrogen-bond acceptors (Lipinski definition) is 0. The van der Waals surface area contributed by atoms with Crippen LogP contribution in [0.25, 0.3) is 5.57 Å². The molecule has 0 radical (unpaired) electrons. The van der Waals surface area contributed by atoms with E-state index in [0.29, 0.717) is 0 Å². The van der Waals surface area contributed by atoms with E-state index in [0.717, 1.165) is 38.6 Å². The van der Waals surface area contributed by atoms with Gasteiger partial charge in [0.2, 0.25) is 0 Å². The highest BCUT2D eigenvalue weighted by atomic mass is 35.5. The van der Waals surface area contributed by atoms with Gasteiger partial charge in [-0.1, -0.05) is 60.3 Å². The van der Waals surface area contributed by atoms with Crippen molar-refractivity contribution in [1.29, 1.82) is 0 Å². The Morgan fingerprint density at radius 2 is 1.17 bits per heavy atom. The first kappa shape index (κ1) is 15.1. The molecule has 2 aromatic rings.